The van der Waals surface area contributed by atoms with Gasteiger partial charge in [-0.05, 0) is 72.9 Å². The summed E-state index contributed by atoms with van der Waals surface area (Å²) in [6.07, 6.45) is 6.10. The Morgan fingerprint density at radius 2 is 1.78 bits per heavy atom. The van der Waals surface area contributed by atoms with E-state index < -0.39 is 11.4 Å². The first kappa shape index (κ1) is 25.2. The molecule has 2 aromatic carbocycles. The van der Waals surface area contributed by atoms with Crippen molar-refractivity contribution in [3.8, 4) is 0 Å². The zero-order valence-corrected chi connectivity index (χ0v) is 21.3. The van der Waals surface area contributed by atoms with Gasteiger partial charge in [0.15, 0.2) is 0 Å². The largest absolute Gasteiger partial charge is 0.481 e. The molecule has 1 aromatic heterocycles. The third-order valence-electron chi connectivity index (χ3n) is 7.70. The van der Waals surface area contributed by atoms with Crippen LogP contribution in [0.25, 0.3) is 0 Å². The summed E-state index contributed by atoms with van der Waals surface area (Å²) in [5.74, 6) is -0.833. The summed E-state index contributed by atoms with van der Waals surface area (Å²) in [6.45, 7) is 0.296. The molecule has 0 radical (unpaired) electrons. The van der Waals surface area contributed by atoms with Crippen LogP contribution in [0.3, 0.4) is 0 Å². The number of carboxylic acid groups (broad SMARTS) is 1. The molecule has 0 bridgehead atoms. The van der Waals surface area contributed by atoms with Crippen molar-refractivity contribution in [1.29, 1.82) is 0 Å². The van der Waals surface area contributed by atoms with Gasteiger partial charge in [-0.2, -0.15) is 5.10 Å². The van der Waals surface area contributed by atoms with Crippen molar-refractivity contribution >= 4 is 29.2 Å². The van der Waals surface area contributed by atoms with Crippen LogP contribution in [0.15, 0.2) is 65.5 Å². The van der Waals surface area contributed by atoms with E-state index in [-0.39, 0.29) is 28.5 Å². The van der Waals surface area contributed by atoms with Crippen LogP contribution < -0.4 is 10.9 Å². The number of nitrogens with zero attached hydrogens (tertiary/aromatic N) is 2. The van der Waals surface area contributed by atoms with Crippen molar-refractivity contribution < 1.29 is 14.7 Å². The second-order valence-corrected chi connectivity index (χ2v) is 10.8. The lowest BCUT2D eigenvalue weighted by atomic mass is 9.83. The van der Waals surface area contributed by atoms with Gasteiger partial charge >= 0.3 is 5.97 Å². The molecule has 192 valence electrons. The molecule has 1 unspecified atom stereocenters. The highest BCUT2D eigenvalue weighted by atomic mass is 35.5. The van der Waals surface area contributed by atoms with Gasteiger partial charge in [0.25, 0.3) is 5.56 Å². The third-order valence-corrected chi connectivity index (χ3v) is 7.90. The van der Waals surface area contributed by atoms with E-state index in [2.05, 4.69) is 10.4 Å². The average molecular weight is 520 g/mol. The normalized spacial score (nSPS) is 17.3. The SMILES string of the molecule is O=C(Nc1cccc(CC2(C(=O)O)CC2)c1)C(c1ccc(Cn2nc(Cl)ccc2=O)cc1)C1CCCC1. The van der Waals surface area contributed by atoms with E-state index >= 15 is 0 Å². The van der Waals surface area contributed by atoms with Crippen LogP contribution in [-0.2, 0) is 22.6 Å². The summed E-state index contributed by atoms with van der Waals surface area (Å²) in [5.41, 5.74) is 2.57. The maximum Gasteiger partial charge on any atom is 0.309 e. The van der Waals surface area contributed by atoms with Gasteiger partial charge in [0.05, 0.1) is 17.9 Å². The fourth-order valence-corrected chi connectivity index (χ4v) is 5.61. The van der Waals surface area contributed by atoms with Gasteiger partial charge < -0.3 is 10.4 Å². The summed E-state index contributed by atoms with van der Waals surface area (Å²) >= 11 is 5.94. The number of halogens is 1. The molecule has 37 heavy (non-hydrogen) atoms. The molecule has 7 nitrogen and oxygen atoms in total. The van der Waals surface area contributed by atoms with Crippen molar-refractivity contribution in [3.63, 3.8) is 0 Å². The molecule has 1 atom stereocenters. The Labute approximate surface area is 220 Å². The monoisotopic (exact) mass is 519 g/mol. The molecule has 2 aliphatic carbocycles. The fraction of sp³-hybridized carbons (Fsp3) is 0.379. The molecule has 2 fully saturated rings. The summed E-state index contributed by atoms with van der Waals surface area (Å²) in [7, 11) is 0. The highest BCUT2D eigenvalue weighted by Gasteiger charge is 2.50. The van der Waals surface area contributed by atoms with Gasteiger partial charge in [-0.25, -0.2) is 4.68 Å². The Morgan fingerprint density at radius 3 is 2.46 bits per heavy atom. The molecule has 1 heterocycles. The molecule has 0 spiro atoms. The molecule has 0 aliphatic heterocycles. The Kier molecular flexibility index (Phi) is 7.15. The number of carbonyl (C=O) groups is 2. The maximum atomic E-state index is 13.6. The molecular weight excluding hydrogens is 490 g/mol. The number of hydrogen-bond acceptors (Lipinski definition) is 4. The molecule has 2 N–H and O–H groups in total. The van der Waals surface area contributed by atoms with E-state index in [9.17, 15) is 19.5 Å². The van der Waals surface area contributed by atoms with Crippen LogP contribution >= 0.6 is 11.6 Å². The van der Waals surface area contributed by atoms with Crippen molar-refractivity contribution in [2.24, 2.45) is 11.3 Å². The summed E-state index contributed by atoms with van der Waals surface area (Å²) in [5, 5.41) is 17.0. The quantitative estimate of drug-likeness (QED) is 0.401. The van der Waals surface area contributed by atoms with Crippen LogP contribution in [0.5, 0.6) is 0 Å². The Bertz CT molecular complexity index is 1360. The number of carbonyl (C=O) groups excluding carboxylic acids is 1. The van der Waals surface area contributed by atoms with E-state index in [1.54, 1.807) is 0 Å². The number of rotatable bonds is 9. The van der Waals surface area contributed by atoms with E-state index in [1.807, 2.05) is 48.5 Å². The van der Waals surface area contributed by atoms with Gasteiger partial charge in [0.1, 0.15) is 5.15 Å². The molecule has 1 amide bonds. The first-order chi connectivity index (χ1) is 17.8. The molecule has 8 heteroatoms. The number of hydrogen-bond donors (Lipinski definition) is 2. The van der Waals surface area contributed by atoms with E-state index in [0.29, 0.717) is 31.5 Å². The minimum atomic E-state index is -0.747. The zero-order chi connectivity index (χ0) is 26.0. The smallest absolute Gasteiger partial charge is 0.309 e. The summed E-state index contributed by atoms with van der Waals surface area (Å²) < 4.78 is 1.32. The Morgan fingerprint density at radius 1 is 1.05 bits per heavy atom. The van der Waals surface area contributed by atoms with Crippen LogP contribution in [0, 0.1) is 11.3 Å². The number of benzene rings is 2. The molecule has 5 rings (SSSR count). The highest BCUT2D eigenvalue weighted by Crippen LogP contribution is 2.48. The Hall–Kier alpha value is -3.45. The van der Waals surface area contributed by atoms with E-state index in [1.165, 1.54) is 16.8 Å². The Balaban J connectivity index is 1.33. The minimum absolute atomic E-state index is 0.0519. The minimum Gasteiger partial charge on any atom is -0.481 e. The molecular formula is C29H30ClN3O4. The molecule has 0 saturated heterocycles. The summed E-state index contributed by atoms with van der Waals surface area (Å²) in [4.78, 5) is 37.3. The van der Waals surface area contributed by atoms with Gasteiger partial charge in [-0.1, -0.05) is 60.8 Å². The number of carboxylic acids is 1. The van der Waals surface area contributed by atoms with E-state index in [0.717, 1.165) is 42.4 Å². The number of nitrogens with one attached hydrogen (secondary N) is 1. The maximum absolute atomic E-state index is 13.6. The lowest BCUT2D eigenvalue weighted by Crippen LogP contribution is -2.27. The predicted octanol–water partition coefficient (Wildman–Crippen LogP) is 5.26. The lowest BCUT2D eigenvalue weighted by molar-refractivity contribution is -0.143. The predicted molar refractivity (Wildman–Crippen MR) is 142 cm³/mol. The second kappa shape index (κ2) is 10.5. The molecule has 3 aromatic rings. The van der Waals surface area contributed by atoms with Crippen molar-refractivity contribution in [2.75, 3.05) is 5.32 Å². The zero-order valence-electron chi connectivity index (χ0n) is 20.5. The van der Waals surface area contributed by atoms with Gasteiger partial charge in [0.2, 0.25) is 5.91 Å². The fourth-order valence-electron chi connectivity index (χ4n) is 5.46. The van der Waals surface area contributed by atoms with Crippen molar-refractivity contribution in [1.82, 2.24) is 9.78 Å². The van der Waals surface area contributed by atoms with Gasteiger partial charge in [-0.3, -0.25) is 14.4 Å². The number of anilines is 1. The van der Waals surface area contributed by atoms with Gasteiger partial charge in [0, 0.05) is 11.8 Å². The van der Waals surface area contributed by atoms with E-state index in [4.69, 9.17) is 11.6 Å². The molecule has 2 saturated carbocycles. The van der Waals surface area contributed by atoms with Crippen molar-refractivity contribution in [3.05, 3.63) is 92.9 Å². The standard InChI is InChI=1S/C29H30ClN3O4/c30-24-12-13-25(34)33(32-24)18-19-8-10-22(11-9-19)26(21-5-1-2-6-21)27(35)31-23-7-3-4-20(16-23)17-29(14-15-29)28(36)37/h3-4,7-13,16,21,26H,1-2,5-6,14-15,17-18H2,(H,31,35)(H,36,37). The molecule has 2 aliphatic rings. The second-order valence-electron chi connectivity index (χ2n) is 10.4. The highest BCUT2D eigenvalue weighted by molar-refractivity contribution is 6.29. The van der Waals surface area contributed by atoms with Gasteiger partial charge in [-0.15, -0.1) is 0 Å². The average Bonchev–Trinajstić information content (AvgIpc) is 3.46. The lowest BCUT2D eigenvalue weighted by Gasteiger charge is -2.24. The number of aromatic nitrogens is 2. The van der Waals surface area contributed by atoms with Crippen molar-refractivity contribution in [2.45, 2.75) is 57.4 Å². The first-order valence-corrected chi connectivity index (χ1v) is 13.2. The van der Waals surface area contributed by atoms with Crippen LogP contribution in [0.4, 0.5) is 5.69 Å². The number of amides is 1. The van der Waals surface area contributed by atoms with Crippen LogP contribution in [0.1, 0.15) is 61.1 Å². The first-order valence-electron chi connectivity index (χ1n) is 12.8. The topological polar surface area (TPSA) is 101 Å². The van der Waals surface area contributed by atoms with Crippen LogP contribution in [0.2, 0.25) is 5.15 Å². The summed E-state index contributed by atoms with van der Waals surface area (Å²) in [6, 6.07) is 18.2. The third kappa shape index (κ3) is 5.77. The number of aliphatic carboxylic acids is 1. The van der Waals surface area contributed by atoms with Crippen LogP contribution in [-0.4, -0.2) is 26.8 Å².